The fourth-order valence-electron chi connectivity index (χ4n) is 2.23. The molecule has 0 unspecified atom stereocenters. The fourth-order valence-corrected chi connectivity index (χ4v) is 2.68. The highest BCUT2D eigenvalue weighted by Crippen LogP contribution is 2.25. The predicted octanol–water partition coefficient (Wildman–Crippen LogP) is 3.15. The zero-order valence-electron chi connectivity index (χ0n) is 10.6. The van der Waals surface area contributed by atoms with Crippen molar-refractivity contribution in [3.8, 4) is 0 Å². The van der Waals surface area contributed by atoms with Gasteiger partial charge >= 0.3 is 0 Å². The SMILES string of the molecule is NNC(=NC1CCCCC1)Nc1c(F)cccc1Br. The summed E-state index contributed by atoms with van der Waals surface area (Å²) in [6, 6.07) is 5.05. The van der Waals surface area contributed by atoms with Crippen molar-refractivity contribution in [1.82, 2.24) is 5.43 Å². The molecule has 0 heterocycles. The Kier molecular flexibility index (Phi) is 5.15. The summed E-state index contributed by atoms with van der Waals surface area (Å²) in [6.07, 6.45) is 5.77. The molecule has 1 aromatic rings. The van der Waals surface area contributed by atoms with E-state index < -0.39 is 0 Å². The number of anilines is 1. The van der Waals surface area contributed by atoms with Crippen LogP contribution in [0.25, 0.3) is 0 Å². The first-order chi connectivity index (χ1) is 9.20. The number of nitrogens with zero attached hydrogens (tertiary/aromatic N) is 1. The Balaban J connectivity index is 2.12. The van der Waals surface area contributed by atoms with Crippen LogP contribution in [0, 0.1) is 5.82 Å². The van der Waals surface area contributed by atoms with E-state index in [0.29, 0.717) is 16.1 Å². The number of benzene rings is 1. The zero-order chi connectivity index (χ0) is 13.7. The Bertz CT molecular complexity index is 438. The summed E-state index contributed by atoms with van der Waals surface area (Å²) in [5.74, 6) is 5.51. The van der Waals surface area contributed by atoms with Crippen LogP contribution in [0.3, 0.4) is 0 Å². The van der Waals surface area contributed by atoms with Crippen LogP contribution in [0.1, 0.15) is 32.1 Å². The summed E-state index contributed by atoms with van der Waals surface area (Å²) in [5, 5.41) is 2.90. The van der Waals surface area contributed by atoms with Gasteiger partial charge in [-0.15, -0.1) is 0 Å². The Morgan fingerprint density at radius 2 is 2.05 bits per heavy atom. The van der Waals surface area contributed by atoms with E-state index in [0.717, 1.165) is 12.8 Å². The maximum Gasteiger partial charge on any atom is 0.210 e. The van der Waals surface area contributed by atoms with Crippen molar-refractivity contribution in [2.45, 2.75) is 38.1 Å². The lowest BCUT2D eigenvalue weighted by Gasteiger charge is -2.20. The van der Waals surface area contributed by atoms with Gasteiger partial charge in [0.05, 0.1) is 11.7 Å². The molecule has 1 aliphatic rings. The lowest BCUT2D eigenvalue weighted by molar-refractivity contribution is 0.442. The van der Waals surface area contributed by atoms with E-state index in [1.54, 1.807) is 12.1 Å². The molecule has 0 spiro atoms. The van der Waals surface area contributed by atoms with Crippen molar-refractivity contribution in [3.05, 3.63) is 28.5 Å². The molecule has 1 fully saturated rings. The van der Waals surface area contributed by atoms with E-state index in [-0.39, 0.29) is 11.9 Å². The molecule has 0 amide bonds. The van der Waals surface area contributed by atoms with Gasteiger partial charge in [0.2, 0.25) is 5.96 Å². The van der Waals surface area contributed by atoms with Gasteiger partial charge in [-0.3, -0.25) is 5.43 Å². The molecule has 4 nitrogen and oxygen atoms in total. The number of halogens is 2. The molecule has 104 valence electrons. The second-order valence-corrected chi connectivity index (χ2v) is 5.49. The number of para-hydroxylation sites is 1. The zero-order valence-corrected chi connectivity index (χ0v) is 12.2. The molecule has 0 aromatic heterocycles. The lowest BCUT2D eigenvalue weighted by Crippen LogP contribution is -2.37. The number of nitrogens with one attached hydrogen (secondary N) is 2. The van der Waals surface area contributed by atoms with Crippen molar-refractivity contribution in [2.24, 2.45) is 10.8 Å². The minimum absolute atomic E-state index is 0.262. The van der Waals surface area contributed by atoms with Crippen LogP contribution in [0.4, 0.5) is 10.1 Å². The number of hydrogen-bond donors (Lipinski definition) is 3. The topological polar surface area (TPSA) is 62.4 Å². The van der Waals surface area contributed by atoms with Crippen LogP contribution in [0.15, 0.2) is 27.7 Å². The molecular formula is C13H18BrFN4. The standard InChI is InChI=1S/C13H18BrFN4/c14-10-7-4-8-11(15)12(10)18-13(19-16)17-9-5-2-1-3-6-9/h4,7-9H,1-3,5-6,16H2,(H2,17,18,19). The van der Waals surface area contributed by atoms with Crippen molar-refractivity contribution in [3.63, 3.8) is 0 Å². The number of hydrogen-bond acceptors (Lipinski definition) is 2. The molecular weight excluding hydrogens is 311 g/mol. The largest absolute Gasteiger partial charge is 0.322 e. The van der Waals surface area contributed by atoms with E-state index >= 15 is 0 Å². The van der Waals surface area contributed by atoms with Crippen LogP contribution in [0.5, 0.6) is 0 Å². The first kappa shape index (κ1) is 14.3. The highest BCUT2D eigenvalue weighted by molar-refractivity contribution is 9.10. The van der Waals surface area contributed by atoms with Crippen molar-refractivity contribution in [2.75, 3.05) is 5.32 Å². The summed E-state index contributed by atoms with van der Waals surface area (Å²) < 4.78 is 14.3. The van der Waals surface area contributed by atoms with Crippen molar-refractivity contribution >= 4 is 27.6 Å². The average Bonchev–Trinajstić information content (AvgIpc) is 2.43. The number of rotatable bonds is 2. The summed E-state index contributed by atoms with van der Waals surface area (Å²) in [7, 11) is 0. The average molecular weight is 329 g/mol. The number of guanidine groups is 1. The molecule has 0 bridgehead atoms. The Hall–Kier alpha value is -1.14. The predicted molar refractivity (Wildman–Crippen MR) is 79.4 cm³/mol. The minimum Gasteiger partial charge on any atom is -0.322 e. The third-order valence-corrected chi connectivity index (χ3v) is 3.89. The maximum atomic E-state index is 13.7. The Morgan fingerprint density at radius 3 is 2.68 bits per heavy atom. The van der Waals surface area contributed by atoms with Gasteiger partial charge in [-0.1, -0.05) is 25.3 Å². The molecule has 6 heteroatoms. The van der Waals surface area contributed by atoms with Gasteiger partial charge in [-0.2, -0.15) is 0 Å². The summed E-state index contributed by atoms with van der Waals surface area (Å²) in [5.41, 5.74) is 2.85. The first-order valence-electron chi connectivity index (χ1n) is 6.46. The maximum absolute atomic E-state index is 13.7. The third-order valence-electron chi connectivity index (χ3n) is 3.23. The Labute approximate surface area is 120 Å². The smallest absolute Gasteiger partial charge is 0.210 e. The van der Waals surface area contributed by atoms with E-state index in [1.165, 1.54) is 25.3 Å². The van der Waals surface area contributed by atoms with E-state index in [9.17, 15) is 4.39 Å². The fraction of sp³-hybridized carbons (Fsp3) is 0.462. The summed E-state index contributed by atoms with van der Waals surface area (Å²) in [4.78, 5) is 4.51. The molecule has 1 aromatic carbocycles. The highest BCUT2D eigenvalue weighted by Gasteiger charge is 2.14. The molecule has 0 aliphatic heterocycles. The van der Waals surface area contributed by atoms with Gasteiger partial charge in [0.15, 0.2) is 0 Å². The van der Waals surface area contributed by atoms with Crippen molar-refractivity contribution in [1.29, 1.82) is 0 Å². The second kappa shape index (κ2) is 6.86. The Morgan fingerprint density at radius 1 is 1.32 bits per heavy atom. The van der Waals surface area contributed by atoms with Gasteiger partial charge in [0.1, 0.15) is 5.82 Å². The van der Waals surface area contributed by atoms with Crippen LogP contribution in [-0.4, -0.2) is 12.0 Å². The monoisotopic (exact) mass is 328 g/mol. The quantitative estimate of drug-likeness (QED) is 0.338. The summed E-state index contributed by atoms with van der Waals surface area (Å²) >= 11 is 3.30. The van der Waals surface area contributed by atoms with Crippen LogP contribution < -0.4 is 16.6 Å². The molecule has 2 rings (SSSR count). The minimum atomic E-state index is -0.346. The van der Waals surface area contributed by atoms with Gasteiger partial charge in [0.25, 0.3) is 0 Å². The van der Waals surface area contributed by atoms with Gasteiger partial charge < -0.3 is 5.32 Å². The third kappa shape index (κ3) is 3.91. The molecule has 1 aliphatic carbocycles. The first-order valence-corrected chi connectivity index (χ1v) is 7.25. The van der Waals surface area contributed by atoms with Crippen molar-refractivity contribution < 1.29 is 4.39 Å². The van der Waals surface area contributed by atoms with Crippen LogP contribution in [-0.2, 0) is 0 Å². The summed E-state index contributed by atoms with van der Waals surface area (Å²) in [6.45, 7) is 0. The highest BCUT2D eigenvalue weighted by atomic mass is 79.9. The van der Waals surface area contributed by atoms with E-state index in [1.807, 2.05) is 0 Å². The molecule has 19 heavy (non-hydrogen) atoms. The van der Waals surface area contributed by atoms with Crippen LogP contribution >= 0.6 is 15.9 Å². The molecule has 0 radical (unpaired) electrons. The molecule has 0 saturated heterocycles. The van der Waals surface area contributed by atoms with E-state index in [4.69, 9.17) is 5.84 Å². The lowest BCUT2D eigenvalue weighted by atomic mass is 9.96. The van der Waals surface area contributed by atoms with E-state index in [2.05, 4.69) is 31.7 Å². The normalized spacial score (nSPS) is 17.3. The molecule has 0 atom stereocenters. The number of nitrogens with two attached hydrogens (primary N) is 1. The number of aliphatic imine (C=N–C) groups is 1. The van der Waals surface area contributed by atoms with Gasteiger partial charge in [0, 0.05) is 4.47 Å². The second-order valence-electron chi connectivity index (χ2n) is 4.64. The molecule has 4 N–H and O–H groups in total. The van der Waals surface area contributed by atoms with Gasteiger partial charge in [-0.05, 0) is 40.9 Å². The van der Waals surface area contributed by atoms with Gasteiger partial charge in [-0.25, -0.2) is 15.2 Å². The van der Waals surface area contributed by atoms with Crippen LogP contribution in [0.2, 0.25) is 0 Å². The number of hydrazine groups is 1. The molecule has 1 saturated carbocycles.